The third-order valence-electron chi connectivity index (χ3n) is 3.70. The number of carbonyl (C=O) groups is 1. The Morgan fingerprint density at radius 3 is 2.70 bits per heavy atom. The molecule has 1 aromatic rings. The number of nitrogens with zero attached hydrogens (tertiary/aromatic N) is 2. The second-order valence-corrected chi connectivity index (χ2v) is 6.99. The van der Waals surface area contributed by atoms with E-state index in [0.29, 0.717) is 0 Å². The van der Waals surface area contributed by atoms with E-state index in [1.165, 1.54) is 9.75 Å². The van der Waals surface area contributed by atoms with Crippen molar-refractivity contribution in [2.24, 2.45) is 0 Å². The monoisotopic (exact) mass is 295 g/mol. The molecule has 2 atom stereocenters. The van der Waals surface area contributed by atoms with Crippen molar-refractivity contribution in [3.8, 4) is 0 Å². The number of rotatable bonds is 6. The Morgan fingerprint density at radius 2 is 2.15 bits per heavy atom. The largest absolute Gasteiger partial charge is 0.321 e. The van der Waals surface area contributed by atoms with Crippen LogP contribution in [0.2, 0.25) is 0 Å². The van der Waals surface area contributed by atoms with Crippen molar-refractivity contribution in [3.05, 3.63) is 21.9 Å². The zero-order valence-electron chi connectivity index (χ0n) is 12.8. The fraction of sp³-hybridized carbons (Fsp3) is 0.667. The zero-order valence-corrected chi connectivity index (χ0v) is 13.7. The summed E-state index contributed by atoms with van der Waals surface area (Å²) in [6.45, 7) is 6.01. The minimum Gasteiger partial charge on any atom is -0.321 e. The summed E-state index contributed by atoms with van der Waals surface area (Å²) in [5.74, 6) is 0.252. The molecule has 1 fully saturated rings. The van der Waals surface area contributed by atoms with Gasteiger partial charge in [0, 0.05) is 16.3 Å². The van der Waals surface area contributed by atoms with E-state index in [2.05, 4.69) is 50.3 Å². The van der Waals surface area contributed by atoms with Crippen molar-refractivity contribution < 1.29 is 4.79 Å². The molecular weight excluding hydrogens is 270 g/mol. The molecule has 2 heterocycles. The van der Waals surface area contributed by atoms with Crippen LogP contribution in [0.25, 0.3) is 0 Å². The summed E-state index contributed by atoms with van der Waals surface area (Å²) >= 11 is 1.78. The number of thiophene rings is 1. The molecule has 1 N–H and O–H groups in total. The maximum Gasteiger partial charge on any atom is 0.241 e. The van der Waals surface area contributed by atoms with Gasteiger partial charge in [0.15, 0.2) is 0 Å². The lowest BCUT2D eigenvalue weighted by molar-refractivity contribution is -0.130. The van der Waals surface area contributed by atoms with Crippen molar-refractivity contribution in [2.45, 2.75) is 38.9 Å². The fourth-order valence-electron chi connectivity index (χ4n) is 2.60. The van der Waals surface area contributed by atoms with E-state index < -0.39 is 0 Å². The third kappa shape index (κ3) is 3.40. The van der Waals surface area contributed by atoms with Gasteiger partial charge in [-0.25, -0.2) is 0 Å². The molecule has 20 heavy (non-hydrogen) atoms. The topological polar surface area (TPSA) is 35.6 Å². The number of aryl methyl sites for hydroxylation is 1. The van der Waals surface area contributed by atoms with Gasteiger partial charge in [-0.1, -0.05) is 6.92 Å². The third-order valence-corrected chi connectivity index (χ3v) is 4.75. The number of nitrogens with one attached hydrogen (secondary N) is 1. The van der Waals surface area contributed by atoms with Gasteiger partial charge in [-0.15, -0.1) is 11.3 Å². The first-order chi connectivity index (χ1) is 9.52. The summed E-state index contributed by atoms with van der Waals surface area (Å²) in [6.07, 6.45) is 1.93. The first-order valence-corrected chi connectivity index (χ1v) is 8.12. The molecule has 0 bridgehead atoms. The number of hydrogen-bond donors (Lipinski definition) is 1. The van der Waals surface area contributed by atoms with E-state index in [-0.39, 0.29) is 18.1 Å². The Hall–Kier alpha value is -0.910. The quantitative estimate of drug-likeness (QED) is 0.874. The van der Waals surface area contributed by atoms with Gasteiger partial charge in [-0.2, -0.15) is 0 Å². The molecule has 1 aromatic heterocycles. The average molecular weight is 295 g/mol. The highest BCUT2D eigenvalue weighted by Gasteiger charge is 2.38. The number of hydrogen-bond acceptors (Lipinski definition) is 4. The van der Waals surface area contributed by atoms with E-state index in [1.807, 2.05) is 4.90 Å². The van der Waals surface area contributed by atoms with Crippen LogP contribution >= 0.6 is 11.3 Å². The molecule has 0 radical (unpaired) electrons. The Balaban J connectivity index is 2.09. The van der Waals surface area contributed by atoms with Crippen LogP contribution in [0, 0.1) is 6.92 Å². The maximum atomic E-state index is 12.5. The summed E-state index contributed by atoms with van der Waals surface area (Å²) in [6, 6.07) is 4.24. The van der Waals surface area contributed by atoms with Crippen LogP contribution in [0.15, 0.2) is 12.1 Å². The Kier molecular flexibility index (Phi) is 5.18. The van der Waals surface area contributed by atoms with E-state index in [9.17, 15) is 4.79 Å². The lowest BCUT2D eigenvalue weighted by Gasteiger charge is -2.24. The molecule has 1 aliphatic heterocycles. The zero-order chi connectivity index (χ0) is 14.7. The highest BCUT2D eigenvalue weighted by molar-refractivity contribution is 7.12. The van der Waals surface area contributed by atoms with Gasteiger partial charge in [0.05, 0.1) is 6.04 Å². The van der Waals surface area contributed by atoms with Crippen LogP contribution in [-0.2, 0) is 4.79 Å². The Labute approximate surface area is 125 Å². The first kappa shape index (κ1) is 15.5. The molecule has 1 aliphatic rings. The van der Waals surface area contributed by atoms with Gasteiger partial charge < -0.3 is 9.80 Å². The van der Waals surface area contributed by atoms with Crippen LogP contribution < -0.4 is 5.32 Å². The minimum absolute atomic E-state index is 0.0261. The lowest BCUT2D eigenvalue weighted by atomic mass is 10.2. The molecule has 1 saturated heterocycles. The maximum absolute atomic E-state index is 12.5. The molecule has 0 spiro atoms. The molecule has 2 unspecified atom stereocenters. The van der Waals surface area contributed by atoms with Crippen molar-refractivity contribution in [1.82, 2.24) is 15.1 Å². The SMILES string of the molecule is CCC1NC(c2ccc(C)s2)N(CCCN(C)C)C1=O. The van der Waals surface area contributed by atoms with Crippen LogP contribution in [0.3, 0.4) is 0 Å². The molecule has 2 rings (SSSR count). The fourth-order valence-corrected chi connectivity index (χ4v) is 3.56. The van der Waals surface area contributed by atoms with E-state index in [4.69, 9.17) is 0 Å². The van der Waals surface area contributed by atoms with Gasteiger partial charge >= 0.3 is 0 Å². The van der Waals surface area contributed by atoms with E-state index >= 15 is 0 Å². The van der Waals surface area contributed by atoms with E-state index in [0.717, 1.165) is 25.9 Å². The molecule has 5 heteroatoms. The summed E-state index contributed by atoms with van der Waals surface area (Å²) < 4.78 is 0. The first-order valence-electron chi connectivity index (χ1n) is 7.30. The van der Waals surface area contributed by atoms with Gasteiger partial charge in [0.25, 0.3) is 0 Å². The Bertz CT molecular complexity index is 458. The number of carbonyl (C=O) groups excluding carboxylic acids is 1. The molecule has 4 nitrogen and oxygen atoms in total. The molecule has 112 valence electrons. The van der Waals surface area contributed by atoms with Crippen LogP contribution in [-0.4, -0.2) is 48.9 Å². The summed E-state index contributed by atoms with van der Waals surface area (Å²) in [5.41, 5.74) is 0. The Morgan fingerprint density at radius 1 is 1.40 bits per heavy atom. The highest BCUT2D eigenvalue weighted by atomic mass is 32.1. The van der Waals surface area contributed by atoms with E-state index in [1.54, 1.807) is 11.3 Å². The second-order valence-electron chi connectivity index (χ2n) is 5.67. The summed E-state index contributed by atoms with van der Waals surface area (Å²) in [7, 11) is 4.14. The van der Waals surface area contributed by atoms with Gasteiger partial charge in [0.2, 0.25) is 5.91 Å². The summed E-state index contributed by atoms with van der Waals surface area (Å²) in [5, 5.41) is 3.48. The lowest BCUT2D eigenvalue weighted by Crippen LogP contribution is -2.33. The molecule has 0 saturated carbocycles. The van der Waals surface area contributed by atoms with Gasteiger partial charge in [0.1, 0.15) is 6.17 Å². The minimum atomic E-state index is -0.0261. The van der Waals surface area contributed by atoms with Crippen LogP contribution in [0.4, 0.5) is 0 Å². The molecule has 0 aliphatic carbocycles. The number of amides is 1. The van der Waals surface area contributed by atoms with Crippen LogP contribution in [0.1, 0.15) is 35.7 Å². The van der Waals surface area contributed by atoms with Crippen molar-refractivity contribution in [1.29, 1.82) is 0 Å². The standard InChI is InChI=1S/C15H25N3OS/c1-5-12-15(19)18(10-6-9-17(3)4)14(16-12)13-8-7-11(2)20-13/h7-8,12,14,16H,5-6,9-10H2,1-4H3. The predicted octanol–water partition coefficient (Wildman–Crippen LogP) is 2.22. The molecule has 1 amide bonds. The summed E-state index contributed by atoms with van der Waals surface area (Å²) in [4.78, 5) is 19.2. The van der Waals surface area contributed by atoms with Crippen molar-refractivity contribution in [3.63, 3.8) is 0 Å². The average Bonchev–Trinajstić information content (AvgIpc) is 2.94. The normalized spacial score (nSPS) is 23.1. The highest BCUT2D eigenvalue weighted by Crippen LogP contribution is 2.31. The van der Waals surface area contributed by atoms with Crippen LogP contribution in [0.5, 0.6) is 0 Å². The van der Waals surface area contributed by atoms with Crippen molar-refractivity contribution in [2.75, 3.05) is 27.2 Å². The van der Waals surface area contributed by atoms with Gasteiger partial charge in [-0.05, 0) is 52.5 Å². The van der Waals surface area contributed by atoms with Gasteiger partial charge in [-0.3, -0.25) is 10.1 Å². The predicted molar refractivity (Wildman–Crippen MR) is 83.9 cm³/mol. The second kappa shape index (κ2) is 6.70. The molecule has 0 aromatic carbocycles. The smallest absolute Gasteiger partial charge is 0.241 e. The molecular formula is C15H25N3OS. The van der Waals surface area contributed by atoms with Crippen molar-refractivity contribution >= 4 is 17.2 Å².